The normalized spacial score (nSPS) is 10.3. The molecule has 2 N–H and O–H groups in total. The Bertz CT molecular complexity index is 1020. The lowest BCUT2D eigenvalue weighted by molar-refractivity contribution is -0.123. The summed E-state index contributed by atoms with van der Waals surface area (Å²) in [4.78, 5) is 24.2. The number of hydrogen-bond acceptors (Lipinski definition) is 3. The van der Waals surface area contributed by atoms with E-state index in [9.17, 15) is 14.0 Å². The SMILES string of the molecule is Cc1cccc(Oc2ccccc2NC(=O)CNC(=O)Cc2cccc(F)c2)c1. The molecular weight excluding hydrogens is 371 g/mol. The topological polar surface area (TPSA) is 67.4 Å². The molecule has 0 aliphatic rings. The number of nitrogens with one attached hydrogen (secondary N) is 2. The van der Waals surface area contributed by atoms with Gasteiger partial charge in [0.05, 0.1) is 18.7 Å². The van der Waals surface area contributed by atoms with Gasteiger partial charge in [0, 0.05) is 0 Å². The number of halogens is 1. The van der Waals surface area contributed by atoms with Crippen molar-refractivity contribution in [2.75, 3.05) is 11.9 Å². The van der Waals surface area contributed by atoms with Gasteiger partial charge in [-0.3, -0.25) is 9.59 Å². The Morgan fingerprint density at radius 2 is 1.72 bits per heavy atom. The fraction of sp³-hybridized carbons (Fsp3) is 0.130. The quantitative estimate of drug-likeness (QED) is 0.633. The fourth-order valence-electron chi connectivity index (χ4n) is 2.73. The minimum absolute atomic E-state index is 0.00189. The number of hydrogen-bond donors (Lipinski definition) is 2. The van der Waals surface area contributed by atoms with E-state index in [0.717, 1.165) is 5.56 Å². The molecule has 0 saturated heterocycles. The average Bonchev–Trinajstić information content (AvgIpc) is 2.68. The van der Waals surface area contributed by atoms with Crippen molar-refractivity contribution in [3.8, 4) is 11.5 Å². The summed E-state index contributed by atoms with van der Waals surface area (Å²) in [5.41, 5.74) is 2.10. The molecule has 0 fully saturated rings. The molecule has 3 aromatic carbocycles. The highest BCUT2D eigenvalue weighted by molar-refractivity contribution is 5.95. The second-order valence-electron chi connectivity index (χ2n) is 6.55. The molecule has 0 unspecified atom stereocenters. The molecular formula is C23H21FN2O3. The molecule has 0 radical (unpaired) electrons. The molecule has 0 atom stereocenters. The first-order chi connectivity index (χ1) is 14.0. The van der Waals surface area contributed by atoms with Crippen LogP contribution in [0.5, 0.6) is 11.5 Å². The van der Waals surface area contributed by atoms with Gasteiger partial charge in [-0.15, -0.1) is 0 Å². The Kier molecular flexibility index (Phi) is 6.58. The molecule has 148 valence electrons. The highest BCUT2D eigenvalue weighted by atomic mass is 19.1. The van der Waals surface area contributed by atoms with Gasteiger partial charge in [0.15, 0.2) is 5.75 Å². The van der Waals surface area contributed by atoms with Crippen molar-refractivity contribution in [2.24, 2.45) is 0 Å². The number of carbonyl (C=O) groups is 2. The number of aryl methyl sites for hydroxylation is 1. The third-order valence-corrected chi connectivity index (χ3v) is 4.08. The summed E-state index contributed by atoms with van der Waals surface area (Å²) in [6, 6.07) is 20.4. The van der Waals surface area contributed by atoms with E-state index in [-0.39, 0.29) is 18.9 Å². The second-order valence-corrected chi connectivity index (χ2v) is 6.55. The molecule has 0 aliphatic carbocycles. The van der Waals surface area contributed by atoms with E-state index in [0.29, 0.717) is 22.7 Å². The van der Waals surface area contributed by atoms with Crippen LogP contribution in [0.25, 0.3) is 0 Å². The smallest absolute Gasteiger partial charge is 0.243 e. The maximum Gasteiger partial charge on any atom is 0.243 e. The minimum Gasteiger partial charge on any atom is -0.455 e. The monoisotopic (exact) mass is 392 g/mol. The van der Waals surface area contributed by atoms with Crippen LogP contribution in [-0.2, 0) is 16.0 Å². The molecule has 3 aromatic rings. The van der Waals surface area contributed by atoms with Gasteiger partial charge in [-0.2, -0.15) is 0 Å². The van der Waals surface area contributed by atoms with E-state index in [2.05, 4.69) is 10.6 Å². The Balaban J connectivity index is 1.56. The van der Waals surface area contributed by atoms with Crippen LogP contribution in [0.3, 0.4) is 0 Å². The summed E-state index contributed by atoms with van der Waals surface area (Å²) < 4.78 is 19.1. The first kappa shape index (κ1) is 20.1. The van der Waals surface area contributed by atoms with Crippen LogP contribution in [0.15, 0.2) is 72.8 Å². The molecule has 6 heteroatoms. The summed E-state index contributed by atoms with van der Waals surface area (Å²) in [5, 5.41) is 5.27. The number of anilines is 1. The average molecular weight is 392 g/mol. The van der Waals surface area contributed by atoms with Crippen LogP contribution in [0, 0.1) is 12.7 Å². The van der Waals surface area contributed by atoms with E-state index in [4.69, 9.17) is 4.74 Å². The zero-order valence-electron chi connectivity index (χ0n) is 15.9. The first-order valence-electron chi connectivity index (χ1n) is 9.14. The second kappa shape index (κ2) is 9.50. The zero-order chi connectivity index (χ0) is 20.6. The number of amides is 2. The molecule has 2 amide bonds. The zero-order valence-corrected chi connectivity index (χ0v) is 15.9. The van der Waals surface area contributed by atoms with Crippen LogP contribution >= 0.6 is 0 Å². The molecule has 0 saturated carbocycles. The van der Waals surface area contributed by atoms with Gasteiger partial charge < -0.3 is 15.4 Å². The predicted octanol–water partition coefficient (Wildman–Crippen LogP) is 4.22. The van der Waals surface area contributed by atoms with Gasteiger partial charge in [-0.05, 0) is 54.4 Å². The Morgan fingerprint density at radius 1 is 0.931 bits per heavy atom. The van der Waals surface area contributed by atoms with Crippen LogP contribution in [0.4, 0.5) is 10.1 Å². The third-order valence-electron chi connectivity index (χ3n) is 4.08. The summed E-state index contributed by atoms with van der Waals surface area (Å²) >= 11 is 0. The van der Waals surface area contributed by atoms with Crippen molar-refractivity contribution < 1.29 is 18.7 Å². The lowest BCUT2D eigenvalue weighted by Gasteiger charge is -2.13. The van der Waals surface area contributed by atoms with E-state index in [1.165, 1.54) is 18.2 Å². The summed E-state index contributed by atoms with van der Waals surface area (Å²) in [7, 11) is 0. The number of carbonyl (C=O) groups excluding carboxylic acids is 2. The van der Waals surface area contributed by atoms with Crippen molar-refractivity contribution in [2.45, 2.75) is 13.3 Å². The highest BCUT2D eigenvalue weighted by Gasteiger charge is 2.11. The van der Waals surface area contributed by atoms with Crippen molar-refractivity contribution in [1.29, 1.82) is 0 Å². The molecule has 3 rings (SSSR count). The van der Waals surface area contributed by atoms with Gasteiger partial charge in [0.1, 0.15) is 11.6 Å². The van der Waals surface area contributed by atoms with Gasteiger partial charge in [0.25, 0.3) is 0 Å². The number of para-hydroxylation sites is 2. The minimum atomic E-state index is -0.404. The van der Waals surface area contributed by atoms with Gasteiger partial charge in [-0.25, -0.2) is 4.39 Å². The maximum atomic E-state index is 13.2. The van der Waals surface area contributed by atoms with Crippen molar-refractivity contribution in [3.05, 3.63) is 89.7 Å². The van der Waals surface area contributed by atoms with E-state index >= 15 is 0 Å². The highest BCUT2D eigenvalue weighted by Crippen LogP contribution is 2.29. The van der Waals surface area contributed by atoms with Crippen molar-refractivity contribution in [1.82, 2.24) is 5.32 Å². The number of ether oxygens (including phenoxy) is 1. The van der Waals surface area contributed by atoms with Gasteiger partial charge in [0.2, 0.25) is 11.8 Å². The largest absolute Gasteiger partial charge is 0.455 e. The molecule has 5 nitrogen and oxygen atoms in total. The van der Waals surface area contributed by atoms with Crippen molar-refractivity contribution in [3.63, 3.8) is 0 Å². The lowest BCUT2D eigenvalue weighted by atomic mass is 10.1. The van der Waals surface area contributed by atoms with Crippen molar-refractivity contribution >= 4 is 17.5 Å². The molecule has 0 aromatic heterocycles. The number of rotatable bonds is 7. The van der Waals surface area contributed by atoms with Crippen LogP contribution in [-0.4, -0.2) is 18.4 Å². The fourth-order valence-corrected chi connectivity index (χ4v) is 2.73. The number of benzene rings is 3. The third kappa shape index (κ3) is 6.17. The predicted molar refractivity (Wildman–Crippen MR) is 109 cm³/mol. The molecule has 0 spiro atoms. The van der Waals surface area contributed by atoms with E-state index in [1.54, 1.807) is 24.3 Å². The summed E-state index contributed by atoms with van der Waals surface area (Å²) in [6.07, 6.45) is -0.00189. The van der Waals surface area contributed by atoms with E-state index in [1.807, 2.05) is 37.3 Å². The molecule has 0 heterocycles. The van der Waals surface area contributed by atoms with Crippen LogP contribution < -0.4 is 15.4 Å². The van der Waals surface area contributed by atoms with Crippen LogP contribution in [0.1, 0.15) is 11.1 Å². The van der Waals surface area contributed by atoms with E-state index < -0.39 is 11.7 Å². The Morgan fingerprint density at radius 3 is 2.52 bits per heavy atom. The van der Waals surface area contributed by atoms with Gasteiger partial charge >= 0.3 is 0 Å². The lowest BCUT2D eigenvalue weighted by Crippen LogP contribution is -2.33. The van der Waals surface area contributed by atoms with Crippen LogP contribution in [0.2, 0.25) is 0 Å². The molecule has 29 heavy (non-hydrogen) atoms. The summed E-state index contributed by atoms with van der Waals surface area (Å²) in [6.45, 7) is 1.76. The molecule has 0 bridgehead atoms. The molecule has 0 aliphatic heterocycles. The Hall–Kier alpha value is -3.67. The standard InChI is InChI=1S/C23H21FN2O3/c1-16-6-4-9-19(12-16)29-21-11-3-2-10-20(21)26-23(28)15-25-22(27)14-17-7-5-8-18(24)13-17/h2-13H,14-15H2,1H3,(H,25,27)(H,26,28). The van der Waals surface area contributed by atoms with Gasteiger partial charge in [-0.1, -0.05) is 36.4 Å². The maximum absolute atomic E-state index is 13.2. The first-order valence-corrected chi connectivity index (χ1v) is 9.14. The summed E-state index contributed by atoms with van der Waals surface area (Å²) in [5.74, 6) is -0.00109. The Labute approximate surface area is 168 Å².